The van der Waals surface area contributed by atoms with Gasteiger partial charge in [0.25, 0.3) is 0 Å². The molecular weight excluding hydrogens is 380 g/mol. The van der Waals surface area contributed by atoms with Gasteiger partial charge in [-0.25, -0.2) is 13.2 Å². The van der Waals surface area contributed by atoms with Crippen LogP contribution in [0.1, 0.15) is 33.1 Å². The number of carbonyl (C=O) groups excluding carboxylic acids is 2. The molecule has 0 radical (unpaired) electrons. The lowest BCUT2D eigenvalue weighted by molar-refractivity contribution is -0.121. The van der Waals surface area contributed by atoms with Crippen molar-refractivity contribution in [2.75, 3.05) is 32.7 Å². The summed E-state index contributed by atoms with van der Waals surface area (Å²) in [7, 11) is -3.69. The second kappa shape index (κ2) is 10.4. The molecule has 1 aliphatic rings. The van der Waals surface area contributed by atoms with Crippen molar-refractivity contribution in [3.63, 3.8) is 0 Å². The monoisotopic (exact) mass is 410 g/mol. The molecule has 1 saturated heterocycles. The summed E-state index contributed by atoms with van der Waals surface area (Å²) in [5.41, 5.74) is 0. The quantitative estimate of drug-likeness (QED) is 0.784. The van der Waals surface area contributed by atoms with E-state index >= 15 is 0 Å². The predicted molar refractivity (Wildman–Crippen MR) is 107 cm³/mol. The third-order valence-electron chi connectivity index (χ3n) is 4.78. The molecule has 1 unspecified atom stereocenters. The van der Waals surface area contributed by atoms with E-state index in [1.807, 2.05) is 13.8 Å². The predicted octanol–water partition coefficient (Wildman–Crippen LogP) is 1.40. The Labute approximate surface area is 167 Å². The van der Waals surface area contributed by atoms with E-state index in [0.29, 0.717) is 26.1 Å². The summed E-state index contributed by atoms with van der Waals surface area (Å²) in [5.74, 6) is -0.225. The number of amides is 3. The number of benzene rings is 1. The average Bonchev–Trinajstić information content (AvgIpc) is 2.73. The van der Waals surface area contributed by atoms with Crippen molar-refractivity contribution in [2.24, 2.45) is 0 Å². The molecule has 1 aromatic carbocycles. The Morgan fingerprint density at radius 3 is 2.57 bits per heavy atom. The molecule has 1 aromatic rings. The Bertz CT molecular complexity index is 754. The topological polar surface area (TPSA) is 98.8 Å². The van der Waals surface area contributed by atoms with E-state index in [0.717, 1.165) is 6.42 Å². The number of carbonyl (C=O) groups is 2. The van der Waals surface area contributed by atoms with Gasteiger partial charge in [0.05, 0.1) is 4.90 Å². The molecule has 1 atom stereocenters. The Kier molecular flexibility index (Phi) is 8.25. The maximum Gasteiger partial charge on any atom is 0.317 e. The highest BCUT2D eigenvalue weighted by Gasteiger charge is 2.26. The highest BCUT2D eigenvalue weighted by atomic mass is 32.2. The number of hydrogen-bond donors (Lipinski definition) is 2. The fourth-order valence-electron chi connectivity index (χ4n) is 2.90. The molecule has 156 valence electrons. The lowest BCUT2D eigenvalue weighted by Gasteiger charge is -2.26. The van der Waals surface area contributed by atoms with Crippen LogP contribution in [0, 0.1) is 0 Å². The van der Waals surface area contributed by atoms with Gasteiger partial charge in [-0.15, -0.1) is 0 Å². The summed E-state index contributed by atoms with van der Waals surface area (Å²) in [6.07, 6.45) is 1.40. The van der Waals surface area contributed by atoms with Crippen LogP contribution in [0.2, 0.25) is 0 Å². The van der Waals surface area contributed by atoms with Gasteiger partial charge in [0.15, 0.2) is 0 Å². The fraction of sp³-hybridized carbons (Fsp3) is 0.579. The van der Waals surface area contributed by atoms with Crippen LogP contribution in [-0.2, 0) is 14.8 Å². The normalized spacial score (nSPS) is 18.6. The van der Waals surface area contributed by atoms with E-state index in [-0.39, 0.29) is 42.4 Å². The van der Waals surface area contributed by atoms with Crippen LogP contribution in [0.25, 0.3) is 0 Å². The minimum atomic E-state index is -3.69. The van der Waals surface area contributed by atoms with Crippen molar-refractivity contribution in [3.8, 4) is 0 Å². The van der Waals surface area contributed by atoms with Crippen molar-refractivity contribution in [1.29, 1.82) is 0 Å². The molecule has 1 aliphatic heterocycles. The molecule has 3 amide bonds. The molecule has 0 bridgehead atoms. The number of rotatable bonds is 4. The zero-order valence-electron chi connectivity index (χ0n) is 16.6. The summed E-state index contributed by atoms with van der Waals surface area (Å²) in [6.45, 7) is 5.43. The molecule has 0 aliphatic carbocycles. The third kappa shape index (κ3) is 6.20. The zero-order chi connectivity index (χ0) is 20.6. The fourth-order valence-corrected chi connectivity index (χ4v) is 4.40. The Balaban J connectivity index is 2.13. The van der Waals surface area contributed by atoms with Crippen LogP contribution in [0.5, 0.6) is 0 Å². The molecule has 8 nitrogen and oxygen atoms in total. The van der Waals surface area contributed by atoms with Crippen LogP contribution >= 0.6 is 0 Å². The minimum absolute atomic E-state index is 0.0511. The van der Waals surface area contributed by atoms with E-state index in [2.05, 4.69) is 10.6 Å². The minimum Gasteiger partial charge on any atom is -0.354 e. The van der Waals surface area contributed by atoms with E-state index in [1.165, 1.54) is 4.31 Å². The van der Waals surface area contributed by atoms with Crippen molar-refractivity contribution >= 4 is 22.0 Å². The smallest absolute Gasteiger partial charge is 0.317 e. The molecule has 0 aromatic heterocycles. The second-order valence-corrected chi connectivity index (χ2v) is 8.85. The van der Waals surface area contributed by atoms with Crippen molar-refractivity contribution in [1.82, 2.24) is 19.8 Å². The van der Waals surface area contributed by atoms with Crippen molar-refractivity contribution in [2.45, 2.75) is 44.0 Å². The summed E-state index contributed by atoms with van der Waals surface area (Å²) < 4.78 is 27.2. The molecule has 1 fully saturated rings. The van der Waals surface area contributed by atoms with E-state index in [1.54, 1.807) is 35.2 Å². The van der Waals surface area contributed by atoms with Gasteiger partial charge >= 0.3 is 6.03 Å². The molecule has 9 heteroatoms. The Morgan fingerprint density at radius 1 is 1.18 bits per heavy atom. The first-order valence-corrected chi connectivity index (χ1v) is 11.2. The first-order valence-electron chi connectivity index (χ1n) is 9.72. The molecule has 1 heterocycles. The van der Waals surface area contributed by atoms with Gasteiger partial charge in [-0.1, -0.05) is 25.1 Å². The SMILES string of the molecule is CCC(C)NC(=O)N1CCCN(S(=O)(=O)c2ccccc2)CCC(=O)NCC1. The highest BCUT2D eigenvalue weighted by molar-refractivity contribution is 7.89. The van der Waals surface area contributed by atoms with Crippen molar-refractivity contribution < 1.29 is 18.0 Å². The zero-order valence-corrected chi connectivity index (χ0v) is 17.4. The van der Waals surface area contributed by atoms with Gasteiger partial charge in [0, 0.05) is 45.2 Å². The van der Waals surface area contributed by atoms with Gasteiger partial charge in [-0.3, -0.25) is 4.79 Å². The maximum absolute atomic E-state index is 12.9. The third-order valence-corrected chi connectivity index (χ3v) is 6.69. The number of urea groups is 1. The first kappa shape index (κ1) is 22.2. The highest BCUT2D eigenvalue weighted by Crippen LogP contribution is 2.16. The molecule has 2 rings (SSSR count). The molecular formula is C19H30N4O4S. The Morgan fingerprint density at radius 2 is 1.89 bits per heavy atom. The first-order chi connectivity index (χ1) is 13.3. The summed E-state index contributed by atoms with van der Waals surface area (Å²) >= 11 is 0. The maximum atomic E-state index is 12.9. The average molecular weight is 411 g/mol. The molecule has 2 N–H and O–H groups in total. The van der Waals surface area contributed by atoms with Crippen LogP contribution in [0.15, 0.2) is 35.2 Å². The van der Waals surface area contributed by atoms with Gasteiger partial charge in [-0.05, 0) is 31.9 Å². The standard InChI is InChI=1S/C19H30N4O4S/c1-3-16(2)21-19(25)22-12-7-13-23(14-10-18(24)20-11-15-22)28(26,27)17-8-5-4-6-9-17/h4-6,8-9,16H,3,7,10-15H2,1-2H3,(H,20,24)(H,21,25). The lowest BCUT2D eigenvalue weighted by Crippen LogP contribution is -2.47. The summed E-state index contributed by atoms with van der Waals surface area (Å²) in [4.78, 5) is 26.4. The number of sulfonamides is 1. The van der Waals surface area contributed by atoms with Crippen molar-refractivity contribution in [3.05, 3.63) is 30.3 Å². The lowest BCUT2D eigenvalue weighted by atomic mass is 10.3. The van der Waals surface area contributed by atoms with Crippen LogP contribution in [0.3, 0.4) is 0 Å². The Hall–Kier alpha value is -2.13. The van der Waals surface area contributed by atoms with E-state index < -0.39 is 10.0 Å². The number of hydrogen-bond acceptors (Lipinski definition) is 4. The number of nitrogens with one attached hydrogen (secondary N) is 2. The van der Waals surface area contributed by atoms with Gasteiger partial charge in [0.1, 0.15) is 0 Å². The largest absolute Gasteiger partial charge is 0.354 e. The van der Waals surface area contributed by atoms with E-state index in [4.69, 9.17) is 0 Å². The summed E-state index contributed by atoms with van der Waals surface area (Å²) in [5, 5.41) is 5.68. The van der Waals surface area contributed by atoms with Crippen LogP contribution in [0.4, 0.5) is 4.79 Å². The summed E-state index contributed by atoms with van der Waals surface area (Å²) in [6, 6.07) is 8.06. The molecule has 0 spiro atoms. The molecule has 0 saturated carbocycles. The number of nitrogens with zero attached hydrogens (tertiary/aromatic N) is 2. The second-order valence-electron chi connectivity index (χ2n) is 6.92. The van der Waals surface area contributed by atoms with Crippen LogP contribution < -0.4 is 10.6 Å². The van der Waals surface area contributed by atoms with E-state index in [9.17, 15) is 18.0 Å². The van der Waals surface area contributed by atoms with Gasteiger partial charge in [0.2, 0.25) is 15.9 Å². The van der Waals surface area contributed by atoms with Gasteiger partial charge < -0.3 is 15.5 Å². The van der Waals surface area contributed by atoms with Crippen LogP contribution in [-0.4, -0.2) is 68.3 Å². The van der Waals surface area contributed by atoms with Gasteiger partial charge in [-0.2, -0.15) is 4.31 Å². The molecule has 28 heavy (non-hydrogen) atoms.